The highest BCUT2D eigenvalue weighted by molar-refractivity contribution is 5.74. The van der Waals surface area contributed by atoms with Gasteiger partial charge in [0.05, 0.1) is 20.3 Å². The van der Waals surface area contributed by atoms with E-state index in [4.69, 9.17) is 9.47 Å². The zero-order valence-electron chi connectivity index (χ0n) is 14.6. The van der Waals surface area contributed by atoms with E-state index in [1.54, 1.807) is 26.2 Å². The average molecular weight is 328 g/mol. The van der Waals surface area contributed by atoms with Crippen LogP contribution in [0, 0.1) is 0 Å². The predicted octanol–water partition coefficient (Wildman–Crippen LogP) is 3.61. The second kappa shape index (κ2) is 8.24. The molecule has 2 aromatic carbocycles. The Morgan fingerprint density at radius 2 is 1.75 bits per heavy atom. The smallest absolute Gasteiger partial charge is 0.317 e. The molecule has 0 aliphatic rings. The molecule has 0 heterocycles. The van der Waals surface area contributed by atoms with Gasteiger partial charge in [0.1, 0.15) is 0 Å². The van der Waals surface area contributed by atoms with Crippen LogP contribution in [0.15, 0.2) is 48.5 Å². The van der Waals surface area contributed by atoms with E-state index < -0.39 is 0 Å². The quantitative estimate of drug-likeness (QED) is 0.881. The summed E-state index contributed by atoms with van der Waals surface area (Å²) in [4.78, 5) is 14.1. The predicted molar refractivity (Wildman–Crippen MR) is 94.4 cm³/mol. The Morgan fingerprint density at radius 1 is 1.08 bits per heavy atom. The van der Waals surface area contributed by atoms with Crippen molar-refractivity contribution in [2.75, 3.05) is 21.3 Å². The Morgan fingerprint density at radius 3 is 2.38 bits per heavy atom. The monoisotopic (exact) mass is 328 g/mol. The normalized spacial score (nSPS) is 11.5. The summed E-state index contributed by atoms with van der Waals surface area (Å²) in [5.41, 5.74) is 2.04. The van der Waals surface area contributed by atoms with Gasteiger partial charge in [0.15, 0.2) is 11.5 Å². The molecule has 5 nitrogen and oxygen atoms in total. The van der Waals surface area contributed by atoms with Crippen molar-refractivity contribution in [1.29, 1.82) is 0 Å². The van der Waals surface area contributed by atoms with Crippen molar-refractivity contribution in [3.63, 3.8) is 0 Å². The topological polar surface area (TPSA) is 50.8 Å². The highest BCUT2D eigenvalue weighted by Crippen LogP contribution is 2.27. The van der Waals surface area contributed by atoms with Crippen LogP contribution in [0.2, 0.25) is 0 Å². The van der Waals surface area contributed by atoms with Crippen molar-refractivity contribution in [3.05, 3.63) is 59.7 Å². The molecule has 1 N–H and O–H groups in total. The van der Waals surface area contributed by atoms with Gasteiger partial charge in [0.2, 0.25) is 0 Å². The van der Waals surface area contributed by atoms with Crippen molar-refractivity contribution < 1.29 is 14.3 Å². The maximum atomic E-state index is 12.4. The third kappa shape index (κ3) is 4.19. The minimum absolute atomic E-state index is 0.00314. The average Bonchev–Trinajstić information content (AvgIpc) is 2.65. The van der Waals surface area contributed by atoms with Crippen molar-refractivity contribution >= 4 is 6.03 Å². The fraction of sp³-hybridized carbons (Fsp3) is 0.316. The molecule has 0 saturated heterocycles. The van der Waals surface area contributed by atoms with Gasteiger partial charge in [-0.1, -0.05) is 36.4 Å². The van der Waals surface area contributed by atoms with Crippen LogP contribution in [0.25, 0.3) is 0 Å². The molecular formula is C19H24N2O3. The van der Waals surface area contributed by atoms with Crippen LogP contribution in [0.3, 0.4) is 0 Å². The van der Waals surface area contributed by atoms with Gasteiger partial charge < -0.3 is 19.7 Å². The van der Waals surface area contributed by atoms with E-state index in [1.807, 2.05) is 55.5 Å². The number of methoxy groups -OCH3 is 2. The third-order valence-corrected chi connectivity index (χ3v) is 4.07. The second-order valence-corrected chi connectivity index (χ2v) is 5.55. The first-order valence-electron chi connectivity index (χ1n) is 7.83. The summed E-state index contributed by atoms with van der Waals surface area (Å²) in [6.45, 7) is 2.43. The van der Waals surface area contributed by atoms with Gasteiger partial charge >= 0.3 is 6.03 Å². The maximum Gasteiger partial charge on any atom is 0.317 e. The molecule has 5 heteroatoms. The summed E-state index contributed by atoms with van der Waals surface area (Å²) in [5.74, 6) is 1.32. The van der Waals surface area contributed by atoms with Gasteiger partial charge in [-0.25, -0.2) is 4.79 Å². The minimum atomic E-state index is -0.124. The number of urea groups is 1. The van der Waals surface area contributed by atoms with E-state index in [1.165, 1.54) is 0 Å². The van der Waals surface area contributed by atoms with Gasteiger partial charge in [-0.15, -0.1) is 0 Å². The number of hydrogen-bond donors (Lipinski definition) is 1. The highest BCUT2D eigenvalue weighted by Gasteiger charge is 2.17. The van der Waals surface area contributed by atoms with Gasteiger partial charge in [0.25, 0.3) is 0 Å². The molecule has 0 aliphatic heterocycles. The first-order valence-corrected chi connectivity index (χ1v) is 7.83. The molecule has 0 aromatic heterocycles. The molecule has 2 aromatic rings. The van der Waals surface area contributed by atoms with E-state index in [0.29, 0.717) is 18.0 Å². The molecule has 2 amide bonds. The van der Waals surface area contributed by atoms with E-state index in [2.05, 4.69) is 5.32 Å². The van der Waals surface area contributed by atoms with Gasteiger partial charge in [0, 0.05) is 13.6 Å². The summed E-state index contributed by atoms with van der Waals surface area (Å²) >= 11 is 0. The van der Waals surface area contributed by atoms with Crippen LogP contribution in [-0.4, -0.2) is 32.2 Å². The lowest BCUT2D eigenvalue weighted by Gasteiger charge is -2.25. The van der Waals surface area contributed by atoms with Crippen LogP contribution < -0.4 is 14.8 Å². The number of carbonyl (C=O) groups excluding carboxylic acids is 1. The molecule has 0 unspecified atom stereocenters. The lowest BCUT2D eigenvalue weighted by atomic mass is 10.1. The Bertz CT molecular complexity index is 674. The van der Waals surface area contributed by atoms with Crippen molar-refractivity contribution in [3.8, 4) is 11.5 Å². The number of ether oxygens (including phenoxy) is 2. The number of rotatable bonds is 6. The largest absolute Gasteiger partial charge is 0.493 e. The summed E-state index contributed by atoms with van der Waals surface area (Å²) < 4.78 is 10.5. The number of amides is 2. The Labute approximate surface area is 143 Å². The molecular weight excluding hydrogens is 304 g/mol. The first kappa shape index (κ1) is 17.7. The number of nitrogens with zero attached hydrogens (tertiary/aromatic N) is 1. The lowest BCUT2D eigenvalue weighted by Crippen LogP contribution is -2.38. The molecule has 2 rings (SSSR count). The maximum absolute atomic E-state index is 12.4. The molecule has 0 aliphatic carbocycles. The molecule has 0 bridgehead atoms. The van der Waals surface area contributed by atoms with E-state index in [0.717, 1.165) is 11.1 Å². The standard InChI is InChI=1S/C19H24N2O3/c1-14(16-8-6-5-7-9-16)21(2)19(22)20-13-15-10-11-17(23-3)18(12-15)24-4/h5-12,14H,13H2,1-4H3,(H,20,22)/t14-/m0/s1. The number of carbonyl (C=O) groups is 1. The van der Waals surface area contributed by atoms with Crippen LogP contribution in [0.4, 0.5) is 4.79 Å². The van der Waals surface area contributed by atoms with E-state index in [9.17, 15) is 4.79 Å². The van der Waals surface area contributed by atoms with Crippen molar-refractivity contribution in [2.24, 2.45) is 0 Å². The lowest BCUT2D eigenvalue weighted by molar-refractivity contribution is 0.194. The zero-order chi connectivity index (χ0) is 17.5. The fourth-order valence-electron chi connectivity index (χ4n) is 2.42. The van der Waals surface area contributed by atoms with Crippen LogP contribution in [0.5, 0.6) is 11.5 Å². The molecule has 0 radical (unpaired) electrons. The molecule has 1 atom stereocenters. The number of hydrogen-bond acceptors (Lipinski definition) is 3. The first-order chi connectivity index (χ1) is 11.6. The molecule has 24 heavy (non-hydrogen) atoms. The third-order valence-electron chi connectivity index (χ3n) is 4.07. The minimum Gasteiger partial charge on any atom is -0.493 e. The summed E-state index contributed by atoms with van der Waals surface area (Å²) in [5, 5.41) is 2.93. The summed E-state index contributed by atoms with van der Waals surface area (Å²) in [6.07, 6.45) is 0. The number of nitrogens with one attached hydrogen (secondary N) is 1. The van der Waals surface area contributed by atoms with E-state index >= 15 is 0 Å². The van der Waals surface area contributed by atoms with Crippen LogP contribution >= 0.6 is 0 Å². The number of benzene rings is 2. The molecule has 0 spiro atoms. The Kier molecular flexibility index (Phi) is 6.07. The molecule has 128 valence electrons. The highest BCUT2D eigenvalue weighted by atomic mass is 16.5. The second-order valence-electron chi connectivity index (χ2n) is 5.55. The van der Waals surface area contributed by atoms with Crippen LogP contribution in [0.1, 0.15) is 24.1 Å². The fourth-order valence-corrected chi connectivity index (χ4v) is 2.42. The zero-order valence-corrected chi connectivity index (χ0v) is 14.6. The van der Waals surface area contributed by atoms with Gasteiger partial charge in [-0.05, 0) is 30.2 Å². The Balaban J connectivity index is 1.97. The van der Waals surface area contributed by atoms with Gasteiger partial charge in [-0.2, -0.15) is 0 Å². The summed E-state index contributed by atoms with van der Waals surface area (Å²) in [7, 11) is 4.98. The summed E-state index contributed by atoms with van der Waals surface area (Å²) in [6, 6.07) is 15.4. The van der Waals surface area contributed by atoms with E-state index in [-0.39, 0.29) is 12.1 Å². The van der Waals surface area contributed by atoms with Crippen molar-refractivity contribution in [2.45, 2.75) is 19.5 Å². The van der Waals surface area contributed by atoms with Crippen LogP contribution in [-0.2, 0) is 6.54 Å². The molecule has 0 saturated carbocycles. The molecule has 0 fully saturated rings. The van der Waals surface area contributed by atoms with Gasteiger partial charge in [-0.3, -0.25) is 0 Å². The Hall–Kier alpha value is -2.69. The SMILES string of the molecule is COc1ccc(CNC(=O)N(C)[C@@H](C)c2ccccc2)cc1OC. The van der Waals surface area contributed by atoms with Crippen molar-refractivity contribution in [1.82, 2.24) is 10.2 Å².